The number of ether oxygens (including phenoxy) is 2. The maximum Gasteiger partial charge on any atom is 0.353 e. The van der Waals surface area contributed by atoms with Crippen LogP contribution in [0.1, 0.15) is 31.8 Å². The highest BCUT2D eigenvalue weighted by Crippen LogP contribution is 2.35. The lowest BCUT2D eigenvalue weighted by molar-refractivity contribution is -0.383. The summed E-state index contributed by atoms with van der Waals surface area (Å²) in [6.07, 6.45) is 1.22. The van der Waals surface area contributed by atoms with Gasteiger partial charge in [-0.2, -0.15) is 0 Å². The number of nitro groups is 1. The first-order valence-electron chi connectivity index (χ1n) is 11.8. The maximum absolute atomic E-state index is 12.4. The fourth-order valence-electron chi connectivity index (χ4n) is 3.98. The van der Waals surface area contributed by atoms with Crippen molar-refractivity contribution in [2.45, 2.75) is 13.1 Å². The van der Waals surface area contributed by atoms with E-state index in [9.17, 15) is 19.7 Å². The van der Waals surface area contributed by atoms with Crippen molar-refractivity contribution in [1.29, 1.82) is 0 Å². The number of nitrogens with zero attached hydrogens (tertiary/aromatic N) is 4. The van der Waals surface area contributed by atoms with Gasteiger partial charge in [0.2, 0.25) is 11.6 Å². The fraction of sp³-hybridized carbons (Fsp3) is 0.143. The SMILES string of the molecule is COC(=O)c1cc(Nc2ncnc(N(Cc3ccccc3)Cc3ccccc3)c2[N+](=O)[O-])cc(C(=O)OC)c1. The van der Waals surface area contributed by atoms with Crippen LogP contribution in [0.5, 0.6) is 0 Å². The Bertz CT molecular complexity index is 1410. The molecule has 0 saturated carbocycles. The Kier molecular flexibility index (Phi) is 8.42. The first kappa shape index (κ1) is 26.7. The summed E-state index contributed by atoms with van der Waals surface area (Å²) >= 11 is 0. The Morgan fingerprint density at radius 1 is 0.846 bits per heavy atom. The lowest BCUT2D eigenvalue weighted by atomic mass is 10.1. The molecule has 0 amide bonds. The number of aromatic nitrogens is 2. The highest BCUT2D eigenvalue weighted by atomic mass is 16.6. The predicted molar refractivity (Wildman–Crippen MR) is 144 cm³/mol. The van der Waals surface area contributed by atoms with E-state index in [1.165, 1.54) is 38.7 Å². The molecule has 39 heavy (non-hydrogen) atoms. The summed E-state index contributed by atoms with van der Waals surface area (Å²) < 4.78 is 9.55. The number of esters is 2. The molecule has 3 aromatic carbocycles. The topological polar surface area (TPSA) is 137 Å². The van der Waals surface area contributed by atoms with E-state index in [1.54, 1.807) is 4.90 Å². The third kappa shape index (κ3) is 6.52. The summed E-state index contributed by atoms with van der Waals surface area (Å²) in [5.74, 6) is -1.41. The number of hydrogen-bond acceptors (Lipinski definition) is 10. The first-order valence-corrected chi connectivity index (χ1v) is 11.8. The van der Waals surface area contributed by atoms with Crippen LogP contribution in [-0.4, -0.2) is 41.0 Å². The largest absolute Gasteiger partial charge is 0.465 e. The van der Waals surface area contributed by atoms with E-state index in [-0.39, 0.29) is 34.1 Å². The van der Waals surface area contributed by atoms with Crippen molar-refractivity contribution in [2.75, 3.05) is 24.4 Å². The van der Waals surface area contributed by atoms with Gasteiger partial charge in [0.25, 0.3) is 0 Å². The molecular weight excluding hydrogens is 502 g/mol. The lowest BCUT2D eigenvalue weighted by Crippen LogP contribution is -2.24. The van der Waals surface area contributed by atoms with Crippen molar-refractivity contribution < 1.29 is 24.0 Å². The summed E-state index contributed by atoms with van der Waals surface area (Å²) in [5.41, 5.74) is 1.80. The van der Waals surface area contributed by atoms with Crippen molar-refractivity contribution in [3.8, 4) is 0 Å². The Morgan fingerprint density at radius 2 is 1.36 bits per heavy atom. The van der Waals surface area contributed by atoms with Crippen molar-refractivity contribution in [2.24, 2.45) is 0 Å². The molecule has 0 aliphatic heterocycles. The summed E-state index contributed by atoms with van der Waals surface area (Å²) in [6.45, 7) is 0.689. The molecule has 0 spiro atoms. The van der Waals surface area contributed by atoms with Gasteiger partial charge >= 0.3 is 17.6 Å². The molecule has 0 saturated heterocycles. The van der Waals surface area contributed by atoms with Gasteiger partial charge < -0.3 is 19.7 Å². The second-order valence-electron chi connectivity index (χ2n) is 8.39. The van der Waals surface area contributed by atoms with Gasteiger partial charge in [0.15, 0.2) is 0 Å². The zero-order valence-corrected chi connectivity index (χ0v) is 21.2. The minimum Gasteiger partial charge on any atom is -0.465 e. The van der Waals surface area contributed by atoms with Crippen LogP contribution in [0.25, 0.3) is 0 Å². The molecule has 0 aliphatic rings. The minimum absolute atomic E-state index is 0.0506. The number of nitrogens with one attached hydrogen (secondary N) is 1. The standard InChI is InChI=1S/C28H25N5O6/c1-38-27(34)21-13-22(28(35)39-2)15-23(14-21)31-25-24(33(36)37)26(30-18-29-25)32(16-19-9-5-3-6-10-19)17-20-11-7-4-8-12-20/h3-15,18H,16-17H2,1-2H3,(H,29,30,31). The number of rotatable bonds is 10. The van der Waals surface area contributed by atoms with Gasteiger partial charge in [-0.05, 0) is 29.3 Å². The molecule has 11 nitrogen and oxygen atoms in total. The predicted octanol–water partition coefficient (Wildman–Crippen LogP) is 4.91. The zero-order valence-electron chi connectivity index (χ0n) is 21.2. The second kappa shape index (κ2) is 12.3. The highest BCUT2D eigenvalue weighted by Gasteiger charge is 2.28. The third-order valence-electron chi connectivity index (χ3n) is 5.76. The Balaban J connectivity index is 1.79. The average molecular weight is 528 g/mol. The zero-order chi connectivity index (χ0) is 27.8. The van der Waals surface area contributed by atoms with Crippen molar-refractivity contribution in [3.63, 3.8) is 0 Å². The molecule has 1 aromatic heterocycles. The number of benzene rings is 3. The number of methoxy groups -OCH3 is 2. The first-order chi connectivity index (χ1) is 18.9. The molecule has 0 bridgehead atoms. The van der Waals surface area contributed by atoms with Gasteiger partial charge in [0, 0.05) is 18.8 Å². The monoisotopic (exact) mass is 527 g/mol. The molecule has 0 fully saturated rings. The fourth-order valence-corrected chi connectivity index (χ4v) is 3.98. The second-order valence-corrected chi connectivity index (χ2v) is 8.39. The van der Waals surface area contributed by atoms with Crippen LogP contribution in [0, 0.1) is 10.1 Å². The number of anilines is 3. The van der Waals surface area contributed by atoms with Gasteiger partial charge in [-0.15, -0.1) is 0 Å². The molecule has 11 heteroatoms. The lowest BCUT2D eigenvalue weighted by Gasteiger charge is -2.24. The Morgan fingerprint density at radius 3 is 1.82 bits per heavy atom. The molecular formula is C28H25N5O6. The maximum atomic E-state index is 12.4. The van der Waals surface area contributed by atoms with Gasteiger partial charge in [0.05, 0.1) is 30.3 Å². The normalized spacial score (nSPS) is 10.4. The van der Waals surface area contributed by atoms with Crippen LogP contribution < -0.4 is 10.2 Å². The van der Waals surface area contributed by atoms with E-state index in [4.69, 9.17) is 9.47 Å². The smallest absolute Gasteiger partial charge is 0.353 e. The molecule has 1 N–H and O–H groups in total. The highest BCUT2D eigenvalue weighted by molar-refractivity contribution is 5.97. The third-order valence-corrected chi connectivity index (χ3v) is 5.76. The van der Waals surface area contributed by atoms with Gasteiger partial charge in [-0.1, -0.05) is 60.7 Å². The van der Waals surface area contributed by atoms with Gasteiger partial charge in [0.1, 0.15) is 6.33 Å². The van der Waals surface area contributed by atoms with Crippen LogP contribution in [0.3, 0.4) is 0 Å². The van der Waals surface area contributed by atoms with Crippen molar-refractivity contribution in [1.82, 2.24) is 9.97 Å². The summed E-state index contributed by atoms with van der Waals surface area (Å²) in [7, 11) is 2.41. The van der Waals surface area contributed by atoms with E-state index in [0.29, 0.717) is 13.1 Å². The van der Waals surface area contributed by atoms with Crippen molar-refractivity contribution in [3.05, 3.63) is 118 Å². The molecule has 1 heterocycles. The Labute approximate surface area is 224 Å². The number of carbonyl (C=O) groups is 2. The molecule has 0 radical (unpaired) electrons. The van der Waals surface area contributed by atoms with E-state index < -0.39 is 16.9 Å². The minimum atomic E-state index is -0.696. The van der Waals surface area contributed by atoms with Gasteiger partial charge in [-0.25, -0.2) is 19.6 Å². The van der Waals surface area contributed by atoms with Crippen LogP contribution in [-0.2, 0) is 22.6 Å². The summed E-state index contributed by atoms with van der Waals surface area (Å²) in [5, 5.41) is 15.3. The Hall–Kier alpha value is -5.32. The van der Waals surface area contributed by atoms with E-state index >= 15 is 0 Å². The van der Waals surface area contributed by atoms with E-state index in [1.807, 2.05) is 60.7 Å². The van der Waals surface area contributed by atoms with Gasteiger partial charge in [-0.3, -0.25) is 10.1 Å². The molecule has 0 unspecified atom stereocenters. The van der Waals surface area contributed by atoms with Crippen LogP contribution in [0.15, 0.2) is 85.2 Å². The van der Waals surface area contributed by atoms with E-state index in [2.05, 4.69) is 15.3 Å². The van der Waals surface area contributed by atoms with Crippen LogP contribution in [0.4, 0.5) is 23.0 Å². The average Bonchev–Trinajstić information content (AvgIpc) is 2.96. The number of carbonyl (C=O) groups excluding carboxylic acids is 2. The van der Waals surface area contributed by atoms with Crippen molar-refractivity contribution >= 4 is 34.9 Å². The molecule has 4 rings (SSSR count). The number of hydrogen-bond donors (Lipinski definition) is 1. The summed E-state index contributed by atoms with van der Waals surface area (Å²) in [4.78, 5) is 46.4. The molecule has 198 valence electrons. The van der Waals surface area contributed by atoms with Crippen LogP contribution in [0.2, 0.25) is 0 Å². The molecule has 0 aliphatic carbocycles. The molecule has 0 atom stereocenters. The summed E-state index contributed by atoms with van der Waals surface area (Å²) in [6, 6.07) is 23.2. The van der Waals surface area contributed by atoms with Crippen LogP contribution >= 0.6 is 0 Å². The molecule has 4 aromatic rings. The quantitative estimate of drug-likeness (QED) is 0.172. The van der Waals surface area contributed by atoms with E-state index in [0.717, 1.165) is 11.1 Å².